The average molecular weight is 663 g/mol. The molecular formula is C13F25O2. The predicted octanol–water partition coefficient (Wildman–Crippen LogP) is 7.58. The molecule has 1 radical (unpaired) electrons. The lowest BCUT2D eigenvalue weighted by molar-refractivity contribution is -0.486. The van der Waals surface area contributed by atoms with Gasteiger partial charge in [-0.3, -0.25) is 0 Å². The van der Waals surface area contributed by atoms with E-state index in [2.05, 4.69) is 0 Å². The monoisotopic (exact) mass is 663 g/mol. The van der Waals surface area contributed by atoms with E-state index in [0.717, 1.165) is 0 Å². The molecule has 0 amide bonds. The van der Waals surface area contributed by atoms with Gasteiger partial charge in [0.2, 0.25) is 0 Å². The first-order valence-electron chi connectivity index (χ1n) is 8.09. The second-order valence-corrected chi connectivity index (χ2v) is 6.94. The fourth-order valence-electron chi connectivity index (χ4n) is 2.05. The van der Waals surface area contributed by atoms with E-state index in [4.69, 9.17) is 0 Å². The van der Waals surface area contributed by atoms with Crippen molar-refractivity contribution in [3.63, 3.8) is 0 Å². The van der Waals surface area contributed by atoms with Crippen LogP contribution in [0.5, 0.6) is 0 Å². The third kappa shape index (κ3) is 4.24. The summed E-state index contributed by atoms with van der Waals surface area (Å²) in [7, 11) is 0. The lowest BCUT2D eigenvalue weighted by Gasteiger charge is -2.45. The van der Waals surface area contributed by atoms with Crippen LogP contribution >= 0.6 is 0 Å². The van der Waals surface area contributed by atoms with E-state index in [-0.39, 0.29) is 0 Å². The first kappa shape index (κ1) is 37.7. The number of hydrogen-bond donors (Lipinski definition) is 0. The Hall–Kier alpha value is -2.28. The van der Waals surface area contributed by atoms with Gasteiger partial charge in [0.15, 0.2) is 0 Å². The summed E-state index contributed by atoms with van der Waals surface area (Å²) in [5.74, 6) is -92.5. The highest BCUT2D eigenvalue weighted by atomic mass is 19.4. The maximum absolute atomic E-state index is 13.5. The summed E-state index contributed by atoms with van der Waals surface area (Å²) in [6.07, 6.45) is -15.7. The molecule has 239 valence electrons. The van der Waals surface area contributed by atoms with Crippen molar-refractivity contribution in [2.24, 2.45) is 0 Å². The number of rotatable bonds is 12. The minimum Gasteiger partial charge on any atom is -0.387 e. The van der Waals surface area contributed by atoms with E-state index in [9.17, 15) is 115 Å². The Labute approximate surface area is 199 Å². The molecule has 0 aliphatic carbocycles. The lowest BCUT2D eigenvalue weighted by atomic mass is 9.85. The van der Waals surface area contributed by atoms with E-state index in [1.807, 2.05) is 0 Å². The van der Waals surface area contributed by atoms with Crippen molar-refractivity contribution in [1.29, 1.82) is 0 Å². The number of hydrogen-bond acceptors (Lipinski definition) is 2. The molecule has 0 aliphatic rings. The molecule has 0 aliphatic heterocycles. The summed E-state index contributed by atoms with van der Waals surface area (Å²) in [6, 6.07) is 0. The van der Waals surface area contributed by atoms with Crippen LogP contribution in [-0.4, -0.2) is 78.0 Å². The smallest absolute Gasteiger partial charge is 0.387 e. The molecule has 0 atom stereocenters. The highest BCUT2D eigenvalue weighted by Gasteiger charge is 2.99. The van der Waals surface area contributed by atoms with Gasteiger partial charge < -0.3 is 4.74 Å². The van der Waals surface area contributed by atoms with Gasteiger partial charge in [0, 0.05) is 0 Å². The van der Waals surface area contributed by atoms with Crippen LogP contribution in [0.3, 0.4) is 0 Å². The fraction of sp³-hybridized carbons (Fsp3) is 0.923. The van der Waals surface area contributed by atoms with Gasteiger partial charge >= 0.3 is 78.0 Å². The van der Waals surface area contributed by atoms with E-state index in [1.165, 1.54) is 0 Å². The Bertz CT molecular complexity index is 941. The molecule has 0 heterocycles. The number of halogens is 25. The highest BCUT2D eigenvalue weighted by molar-refractivity contribution is 5.39. The first-order valence-corrected chi connectivity index (χ1v) is 8.09. The summed E-state index contributed by atoms with van der Waals surface area (Å²) in [6.45, 7) is -0.905. The van der Waals surface area contributed by atoms with Crippen molar-refractivity contribution in [3.8, 4) is 0 Å². The molecule has 0 aromatic heterocycles. The molecule has 0 fully saturated rings. The van der Waals surface area contributed by atoms with Crippen molar-refractivity contribution in [2.75, 3.05) is 0 Å². The van der Waals surface area contributed by atoms with Crippen LogP contribution in [0.15, 0.2) is 0 Å². The molecule has 0 saturated carbocycles. The Kier molecular flexibility index (Phi) is 8.59. The zero-order valence-corrected chi connectivity index (χ0v) is 16.8. The number of ether oxygens (including phenoxy) is 1. The predicted molar refractivity (Wildman–Crippen MR) is 67.3 cm³/mol. The second-order valence-electron chi connectivity index (χ2n) is 6.94. The van der Waals surface area contributed by atoms with E-state index >= 15 is 0 Å². The zero-order valence-electron chi connectivity index (χ0n) is 16.8. The molecule has 2 nitrogen and oxygen atoms in total. The average Bonchev–Trinajstić information content (AvgIpc) is 2.71. The topological polar surface area (TPSA) is 26.3 Å². The van der Waals surface area contributed by atoms with Gasteiger partial charge in [-0.25, -0.2) is 4.79 Å². The fourth-order valence-corrected chi connectivity index (χ4v) is 2.05. The molecule has 0 N–H and O–H groups in total. The number of carbonyl (C=O) groups excluding carboxylic acids is 1. The Balaban J connectivity index is 7.32. The number of alkyl halides is 25. The second kappa shape index (κ2) is 9.11. The molecule has 27 heteroatoms. The van der Waals surface area contributed by atoms with Gasteiger partial charge in [-0.15, -0.1) is 0 Å². The summed E-state index contributed by atoms with van der Waals surface area (Å²) >= 11 is 0. The normalized spacial score (nSPS) is 16.7. The Morgan fingerprint density at radius 2 is 0.475 bits per heavy atom. The van der Waals surface area contributed by atoms with Gasteiger partial charge in [-0.2, -0.15) is 110 Å². The molecule has 0 aromatic carbocycles. The van der Waals surface area contributed by atoms with E-state index in [0.29, 0.717) is 0 Å². The Morgan fingerprint density at radius 1 is 0.300 bits per heavy atom. The standard InChI is InChI=1S/C13F25O2/c14-2(15,4(18,19)6(22,23)8(26,27)10(30,31)12(34,35)36)3(16,17)5(20,21)7(24,25)9(28,29)11(32,33)13(37,38)40-1-39. The van der Waals surface area contributed by atoms with Crippen molar-refractivity contribution in [2.45, 2.75) is 71.5 Å². The van der Waals surface area contributed by atoms with Crippen LogP contribution in [0.1, 0.15) is 0 Å². The summed E-state index contributed by atoms with van der Waals surface area (Å²) in [5.41, 5.74) is 0. The third-order valence-electron chi connectivity index (χ3n) is 4.44. The highest BCUT2D eigenvalue weighted by Crippen LogP contribution is 2.67. The SMILES string of the molecule is O=[C]OC(F)(F)C(F)(F)C(F)(F)C(F)(F)C(F)(F)C(F)(F)C(F)(F)C(F)(F)C(F)(F)C(F)(F)C(F)(F)C(F)(F)F. The minimum absolute atomic E-state index is 0.905. The molecule has 0 aromatic rings. The summed E-state index contributed by atoms with van der Waals surface area (Å²) in [5, 5.41) is 0. The van der Waals surface area contributed by atoms with Crippen LogP contribution in [0.4, 0.5) is 110 Å². The van der Waals surface area contributed by atoms with E-state index < -0.39 is 78.0 Å². The molecule has 0 rings (SSSR count). The maximum atomic E-state index is 13.5. The molecular weight excluding hydrogens is 663 g/mol. The quantitative estimate of drug-likeness (QED) is 0.202. The molecule has 0 spiro atoms. The van der Waals surface area contributed by atoms with Crippen molar-refractivity contribution < 1.29 is 119 Å². The first-order chi connectivity index (χ1) is 16.8. The van der Waals surface area contributed by atoms with Gasteiger partial charge in [0.1, 0.15) is 0 Å². The van der Waals surface area contributed by atoms with Gasteiger partial charge in [-0.1, -0.05) is 0 Å². The van der Waals surface area contributed by atoms with Crippen LogP contribution in [0, 0.1) is 0 Å². The molecule has 0 unspecified atom stereocenters. The molecule has 0 saturated heterocycles. The Morgan fingerprint density at radius 3 is 0.650 bits per heavy atom. The van der Waals surface area contributed by atoms with Crippen LogP contribution in [0.2, 0.25) is 0 Å². The van der Waals surface area contributed by atoms with Gasteiger partial charge in [0.05, 0.1) is 0 Å². The largest absolute Gasteiger partial charge is 0.473 e. The van der Waals surface area contributed by atoms with E-state index in [1.54, 1.807) is 4.74 Å². The summed E-state index contributed by atoms with van der Waals surface area (Å²) < 4.78 is 328. The molecule has 0 bridgehead atoms. The minimum atomic E-state index is -9.65. The van der Waals surface area contributed by atoms with Gasteiger partial charge in [0.25, 0.3) is 0 Å². The van der Waals surface area contributed by atoms with Crippen molar-refractivity contribution in [1.82, 2.24) is 0 Å². The van der Waals surface area contributed by atoms with Crippen molar-refractivity contribution in [3.05, 3.63) is 0 Å². The van der Waals surface area contributed by atoms with Crippen LogP contribution in [-0.2, 0) is 9.53 Å². The van der Waals surface area contributed by atoms with Gasteiger partial charge in [-0.05, 0) is 0 Å². The zero-order chi connectivity index (χ0) is 33.4. The van der Waals surface area contributed by atoms with Crippen molar-refractivity contribution >= 4 is 6.47 Å². The summed E-state index contributed by atoms with van der Waals surface area (Å²) in [4.78, 5) is 9.45. The van der Waals surface area contributed by atoms with Crippen LogP contribution < -0.4 is 0 Å². The lowest BCUT2D eigenvalue weighted by Crippen LogP contribution is -2.78. The maximum Gasteiger partial charge on any atom is 0.473 e. The third-order valence-corrected chi connectivity index (χ3v) is 4.44. The van der Waals surface area contributed by atoms with Crippen LogP contribution in [0.25, 0.3) is 0 Å². The molecule has 40 heavy (non-hydrogen) atoms.